The van der Waals surface area contributed by atoms with Gasteiger partial charge in [0, 0.05) is 33.8 Å². The van der Waals surface area contributed by atoms with E-state index in [1.807, 2.05) is 18.2 Å². The molecule has 1 aliphatic rings. The Kier molecular flexibility index (Phi) is 5.33. The van der Waals surface area contributed by atoms with Gasteiger partial charge in [0.25, 0.3) is 5.91 Å². The number of carbonyl (C=O) groups is 2. The fourth-order valence-electron chi connectivity index (χ4n) is 3.62. The second kappa shape index (κ2) is 8.43. The van der Waals surface area contributed by atoms with Crippen LogP contribution in [0.2, 0.25) is 0 Å². The summed E-state index contributed by atoms with van der Waals surface area (Å²) in [7, 11) is 0. The number of fused-ring (bicyclic) bond motifs is 1. The van der Waals surface area contributed by atoms with Crippen LogP contribution < -0.4 is 5.32 Å². The fraction of sp³-hybridized carbons (Fsp3) is 0.0800. The van der Waals surface area contributed by atoms with Crippen LogP contribution in [0.5, 0.6) is 0 Å². The molecule has 5 rings (SSSR count). The second-order valence-corrected chi connectivity index (χ2v) is 8.37. The number of nitrogens with zero attached hydrogens (tertiary/aromatic N) is 2. The van der Waals surface area contributed by atoms with Crippen LogP contribution in [0.4, 0.5) is 10.2 Å². The van der Waals surface area contributed by atoms with Gasteiger partial charge in [-0.3, -0.25) is 9.59 Å². The first-order chi connectivity index (χ1) is 15.6. The number of anilines is 1. The summed E-state index contributed by atoms with van der Waals surface area (Å²) in [6.45, 7) is 0. The molecule has 158 valence electrons. The van der Waals surface area contributed by atoms with Crippen LogP contribution in [0.3, 0.4) is 0 Å². The zero-order valence-electron chi connectivity index (χ0n) is 16.9. The van der Waals surface area contributed by atoms with Gasteiger partial charge in [-0.05, 0) is 36.4 Å². The van der Waals surface area contributed by atoms with Crippen LogP contribution >= 0.6 is 11.8 Å². The first-order valence-corrected chi connectivity index (χ1v) is 11.2. The van der Waals surface area contributed by atoms with Crippen LogP contribution in [0.25, 0.3) is 5.69 Å². The summed E-state index contributed by atoms with van der Waals surface area (Å²) in [5.41, 5.74) is 4.11. The number of thioether (sulfide) groups is 1. The first-order valence-electron chi connectivity index (χ1n) is 10.1. The zero-order chi connectivity index (χ0) is 22.1. The summed E-state index contributed by atoms with van der Waals surface area (Å²) >= 11 is 1.73. The molecule has 7 heteroatoms. The van der Waals surface area contributed by atoms with E-state index in [0.717, 1.165) is 22.8 Å². The van der Waals surface area contributed by atoms with Gasteiger partial charge in [0.15, 0.2) is 5.78 Å². The molecule has 1 aromatic heterocycles. The monoisotopic (exact) mass is 443 g/mol. The molecule has 0 aliphatic carbocycles. The van der Waals surface area contributed by atoms with Crippen LogP contribution in [0.1, 0.15) is 37.5 Å². The third-order valence-electron chi connectivity index (χ3n) is 5.30. The molecule has 3 aromatic carbocycles. The Hall–Kier alpha value is -3.71. The maximum Gasteiger partial charge on any atom is 0.256 e. The minimum absolute atomic E-state index is 0.0956. The number of amides is 1. The maximum absolute atomic E-state index is 13.4. The average Bonchev–Trinajstić information content (AvgIpc) is 3.42. The van der Waals surface area contributed by atoms with Crippen molar-refractivity contribution < 1.29 is 14.0 Å². The van der Waals surface area contributed by atoms with E-state index in [2.05, 4.69) is 10.4 Å². The van der Waals surface area contributed by atoms with Gasteiger partial charge in [0.05, 0.1) is 11.4 Å². The lowest BCUT2D eigenvalue weighted by Gasteiger charge is -2.11. The zero-order valence-corrected chi connectivity index (χ0v) is 17.7. The minimum atomic E-state index is -0.334. The second-order valence-electron chi connectivity index (χ2n) is 7.38. The number of carbonyl (C=O) groups excluding carboxylic acids is 2. The lowest BCUT2D eigenvalue weighted by atomic mass is 10.0. The predicted octanol–water partition coefficient (Wildman–Crippen LogP) is 5.24. The van der Waals surface area contributed by atoms with Gasteiger partial charge in [-0.2, -0.15) is 16.9 Å². The number of rotatable bonds is 5. The number of aromatic nitrogens is 2. The predicted molar refractivity (Wildman–Crippen MR) is 123 cm³/mol. The smallest absolute Gasteiger partial charge is 0.256 e. The molecule has 0 radical (unpaired) electrons. The highest BCUT2D eigenvalue weighted by Crippen LogP contribution is 2.36. The van der Waals surface area contributed by atoms with Crippen LogP contribution in [0, 0.1) is 5.82 Å². The number of benzene rings is 3. The fourth-order valence-corrected chi connectivity index (χ4v) is 4.65. The first kappa shape index (κ1) is 20.2. The number of ketones is 1. The Morgan fingerprint density at radius 2 is 1.50 bits per heavy atom. The van der Waals surface area contributed by atoms with E-state index in [0.29, 0.717) is 28.2 Å². The van der Waals surface area contributed by atoms with Crippen LogP contribution in [-0.4, -0.2) is 21.5 Å². The lowest BCUT2D eigenvalue weighted by molar-refractivity contribution is 0.101. The van der Waals surface area contributed by atoms with E-state index in [9.17, 15) is 14.0 Å². The molecule has 0 saturated heterocycles. The van der Waals surface area contributed by atoms with Crippen molar-refractivity contribution in [3.05, 3.63) is 113 Å². The summed E-state index contributed by atoms with van der Waals surface area (Å²) in [4.78, 5) is 25.6. The topological polar surface area (TPSA) is 64.0 Å². The molecule has 0 fully saturated rings. The quantitative estimate of drug-likeness (QED) is 0.429. The molecular formula is C25H18FN3O2S. The highest BCUT2D eigenvalue weighted by Gasteiger charge is 2.25. The molecule has 1 N–H and O–H groups in total. The van der Waals surface area contributed by atoms with Gasteiger partial charge in [-0.1, -0.05) is 42.5 Å². The van der Waals surface area contributed by atoms with Gasteiger partial charge in [-0.25, -0.2) is 9.07 Å². The van der Waals surface area contributed by atoms with Crippen molar-refractivity contribution in [2.24, 2.45) is 0 Å². The molecule has 0 bridgehead atoms. The maximum atomic E-state index is 13.4. The van der Waals surface area contributed by atoms with Crippen LogP contribution in [-0.2, 0) is 11.5 Å². The van der Waals surface area contributed by atoms with Crippen molar-refractivity contribution in [2.75, 3.05) is 5.32 Å². The van der Waals surface area contributed by atoms with E-state index in [-0.39, 0.29) is 17.5 Å². The molecule has 0 saturated carbocycles. The molecule has 32 heavy (non-hydrogen) atoms. The summed E-state index contributed by atoms with van der Waals surface area (Å²) in [5, 5.41) is 7.59. The normalized spacial score (nSPS) is 12.4. The molecule has 4 aromatic rings. The van der Waals surface area contributed by atoms with Crippen molar-refractivity contribution >= 4 is 29.3 Å². The van der Waals surface area contributed by atoms with E-state index in [4.69, 9.17) is 0 Å². The summed E-state index contributed by atoms with van der Waals surface area (Å²) in [6.07, 6.45) is 0. The number of hydrogen-bond donors (Lipinski definition) is 1. The SMILES string of the molecule is O=C(Nc1c2c(nn1-c1ccc(F)cc1)CSC2)c1ccc(C(=O)c2ccccc2)cc1. The Labute approximate surface area is 188 Å². The van der Waals surface area contributed by atoms with E-state index in [1.54, 1.807) is 65.0 Å². The summed E-state index contributed by atoms with van der Waals surface area (Å²) in [5.74, 6) is 1.37. The van der Waals surface area contributed by atoms with Gasteiger partial charge < -0.3 is 5.32 Å². The highest BCUT2D eigenvalue weighted by atomic mass is 32.2. The molecule has 1 amide bonds. The Balaban J connectivity index is 1.41. The van der Waals surface area contributed by atoms with Gasteiger partial charge >= 0.3 is 0 Å². The molecule has 0 atom stereocenters. The van der Waals surface area contributed by atoms with E-state index < -0.39 is 0 Å². The third kappa shape index (κ3) is 3.83. The van der Waals surface area contributed by atoms with Gasteiger partial charge in [0.1, 0.15) is 11.6 Å². The van der Waals surface area contributed by atoms with Crippen molar-refractivity contribution in [2.45, 2.75) is 11.5 Å². The number of hydrogen-bond acceptors (Lipinski definition) is 4. The molecule has 5 nitrogen and oxygen atoms in total. The van der Waals surface area contributed by atoms with Crippen molar-refractivity contribution in [3.63, 3.8) is 0 Å². The molecule has 0 unspecified atom stereocenters. The molecular weight excluding hydrogens is 425 g/mol. The Bertz CT molecular complexity index is 1300. The standard InChI is InChI=1S/C25H18FN3O2S/c26-19-10-12-20(13-11-19)29-24(21-14-32-15-22(21)28-29)27-25(31)18-8-6-17(7-9-18)23(30)16-4-2-1-3-5-16/h1-13H,14-15H2,(H,27,31). The summed E-state index contributed by atoms with van der Waals surface area (Å²) < 4.78 is 15.0. The molecule has 0 spiro atoms. The van der Waals surface area contributed by atoms with Crippen molar-refractivity contribution in [3.8, 4) is 5.69 Å². The number of nitrogens with one attached hydrogen (secondary N) is 1. The Morgan fingerprint density at radius 1 is 0.844 bits per heavy atom. The molecule has 2 heterocycles. The number of halogens is 1. The van der Waals surface area contributed by atoms with E-state index in [1.165, 1.54) is 12.1 Å². The average molecular weight is 444 g/mol. The largest absolute Gasteiger partial charge is 0.306 e. The lowest BCUT2D eigenvalue weighted by Crippen LogP contribution is -2.16. The van der Waals surface area contributed by atoms with E-state index >= 15 is 0 Å². The third-order valence-corrected chi connectivity index (χ3v) is 6.27. The van der Waals surface area contributed by atoms with Crippen molar-refractivity contribution in [1.29, 1.82) is 0 Å². The minimum Gasteiger partial charge on any atom is -0.306 e. The highest BCUT2D eigenvalue weighted by molar-refractivity contribution is 7.98. The Morgan fingerprint density at radius 3 is 2.22 bits per heavy atom. The van der Waals surface area contributed by atoms with Crippen LogP contribution in [0.15, 0.2) is 78.9 Å². The molecule has 1 aliphatic heterocycles. The van der Waals surface area contributed by atoms with Crippen molar-refractivity contribution in [1.82, 2.24) is 9.78 Å². The summed E-state index contributed by atoms with van der Waals surface area (Å²) in [6, 6.07) is 21.6. The van der Waals surface area contributed by atoms with Gasteiger partial charge in [0.2, 0.25) is 0 Å². The van der Waals surface area contributed by atoms with Gasteiger partial charge in [-0.15, -0.1) is 0 Å².